The maximum absolute atomic E-state index is 4.99. The Morgan fingerprint density at radius 3 is 2.78 bits per heavy atom. The second-order valence-corrected chi connectivity index (χ2v) is 3.03. The second kappa shape index (κ2) is 2.23. The maximum atomic E-state index is 4.99. The lowest BCUT2D eigenvalue weighted by atomic mass is 10.2. The van der Waals surface area contributed by atoms with Crippen molar-refractivity contribution in [3.63, 3.8) is 0 Å². The monoisotopic (exact) mass is 145 g/mol. The van der Waals surface area contributed by atoms with Gasteiger partial charge in [-0.15, -0.1) is 18.1 Å². The molecule has 9 heavy (non-hydrogen) atoms. The van der Waals surface area contributed by atoms with E-state index in [1.165, 1.54) is 0 Å². The summed E-state index contributed by atoms with van der Waals surface area (Å²) in [6, 6.07) is 0. The Morgan fingerprint density at radius 1 is 1.89 bits per heavy atom. The molecule has 1 heterocycles. The largest absolute Gasteiger partial charge is 0.412 e. The van der Waals surface area contributed by atoms with Crippen LogP contribution in [-0.2, 0) is 4.84 Å². The molecule has 0 aliphatic carbocycles. The lowest BCUT2D eigenvalue weighted by Gasteiger charge is -2.15. The zero-order valence-corrected chi connectivity index (χ0v) is 6.53. The van der Waals surface area contributed by atoms with E-state index in [-0.39, 0.29) is 4.87 Å². The minimum Gasteiger partial charge on any atom is -0.412 e. The highest BCUT2D eigenvalue weighted by Crippen LogP contribution is 2.24. The number of rotatable bonds is 1. The Hall–Kier alpha value is -0.150. The van der Waals surface area contributed by atoms with Crippen LogP contribution >= 0.6 is 12.6 Å². The molecule has 0 aromatic carbocycles. The molecule has 52 valence electrons. The summed E-state index contributed by atoms with van der Waals surface area (Å²) >= 11 is 4.33. The van der Waals surface area contributed by atoms with Crippen molar-refractivity contribution in [3.05, 3.63) is 11.8 Å². The standard InChI is InChI=1S/C6H11NOS/c1-3-6(9)4-5(2)8-7-6/h4,7,9H,3H2,1-2H3. The molecule has 0 fully saturated rings. The van der Waals surface area contributed by atoms with Crippen molar-refractivity contribution in [1.29, 1.82) is 0 Å². The maximum Gasteiger partial charge on any atom is 0.120 e. The molecule has 1 unspecified atom stereocenters. The van der Waals surface area contributed by atoms with E-state index in [4.69, 9.17) is 4.84 Å². The third-order valence-electron chi connectivity index (χ3n) is 1.37. The van der Waals surface area contributed by atoms with Gasteiger partial charge in [0.1, 0.15) is 10.6 Å². The van der Waals surface area contributed by atoms with Gasteiger partial charge in [-0.25, -0.2) is 0 Å². The summed E-state index contributed by atoms with van der Waals surface area (Å²) in [5, 5.41) is 0. The van der Waals surface area contributed by atoms with Gasteiger partial charge in [-0.05, 0) is 19.4 Å². The Labute approximate surface area is 60.6 Å². The Kier molecular flexibility index (Phi) is 1.73. The summed E-state index contributed by atoms with van der Waals surface area (Å²) in [6.45, 7) is 3.96. The van der Waals surface area contributed by atoms with Crippen LogP contribution in [-0.4, -0.2) is 4.87 Å². The summed E-state index contributed by atoms with van der Waals surface area (Å²) in [6.07, 6.45) is 2.89. The number of hydroxylamine groups is 1. The Bertz CT molecular complexity index is 146. The van der Waals surface area contributed by atoms with Gasteiger partial charge in [-0.2, -0.15) is 0 Å². The lowest BCUT2D eigenvalue weighted by molar-refractivity contribution is 0.108. The van der Waals surface area contributed by atoms with Gasteiger partial charge in [0.2, 0.25) is 0 Å². The highest BCUT2D eigenvalue weighted by Gasteiger charge is 2.26. The van der Waals surface area contributed by atoms with Gasteiger partial charge in [-0.3, -0.25) is 0 Å². The molecule has 1 aliphatic rings. The van der Waals surface area contributed by atoms with Crippen molar-refractivity contribution in [2.45, 2.75) is 25.1 Å². The predicted octanol–water partition coefficient (Wildman–Crippen LogP) is 1.46. The molecule has 0 bridgehead atoms. The summed E-state index contributed by atoms with van der Waals surface area (Å²) in [5.41, 5.74) is 2.80. The molecule has 0 aromatic heterocycles. The zero-order chi connectivity index (χ0) is 6.91. The molecule has 1 atom stereocenters. The number of allylic oxidation sites excluding steroid dienone is 1. The Morgan fingerprint density at radius 2 is 2.56 bits per heavy atom. The molecule has 0 amide bonds. The first-order valence-corrected chi connectivity index (χ1v) is 3.47. The van der Waals surface area contributed by atoms with E-state index in [9.17, 15) is 0 Å². The van der Waals surface area contributed by atoms with Gasteiger partial charge >= 0.3 is 0 Å². The van der Waals surface area contributed by atoms with E-state index in [0.29, 0.717) is 0 Å². The summed E-state index contributed by atoms with van der Waals surface area (Å²) in [5.74, 6) is 0.895. The van der Waals surface area contributed by atoms with Gasteiger partial charge in [0.15, 0.2) is 0 Å². The average Bonchev–Trinajstić information content (AvgIpc) is 2.13. The fraction of sp³-hybridized carbons (Fsp3) is 0.667. The van der Waals surface area contributed by atoms with E-state index in [2.05, 4.69) is 25.0 Å². The van der Waals surface area contributed by atoms with Crippen LogP contribution in [0, 0.1) is 0 Å². The van der Waals surface area contributed by atoms with Crippen molar-refractivity contribution in [3.8, 4) is 0 Å². The SMILES string of the molecule is CCC1(S)C=C(C)ON1. The van der Waals surface area contributed by atoms with E-state index < -0.39 is 0 Å². The fourth-order valence-electron chi connectivity index (χ4n) is 0.738. The third kappa shape index (κ3) is 1.40. The fourth-order valence-corrected chi connectivity index (χ4v) is 0.966. The van der Waals surface area contributed by atoms with E-state index in [0.717, 1.165) is 12.2 Å². The van der Waals surface area contributed by atoms with E-state index in [1.54, 1.807) is 0 Å². The van der Waals surface area contributed by atoms with Crippen molar-refractivity contribution in [1.82, 2.24) is 5.48 Å². The number of hydrogen-bond donors (Lipinski definition) is 2. The van der Waals surface area contributed by atoms with Crippen molar-refractivity contribution in [2.75, 3.05) is 0 Å². The number of thiol groups is 1. The summed E-state index contributed by atoms with van der Waals surface area (Å²) in [7, 11) is 0. The molecule has 0 saturated carbocycles. The van der Waals surface area contributed by atoms with Crippen LogP contribution in [0.25, 0.3) is 0 Å². The van der Waals surface area contributed by atoms with Crippen molar-refractivity contribution < 1.29 is 4.84 Å². The molecule has 1 aliphatic heterocycles. The normalized spacial score (nSPS) is 33.9. The molecule has 0 radical (unpaired) electrons. The lowest BCUT2D eigenvalue weighted by Crippen LogP contribution is -2.31. The molecular formula is C6H11NOS. The molecule has 1 N–H and O–H groups in total. The summed E-state index contributed by atoms with van der Waals surface area (Å²) in [4.78, 5) is 4.76. The van der Waals surface area contributed by atoms with Crippen LogP contribution < -0.4 is 5.48 Å². The molecule has 0 saturated heterocycles. The molecule has 0 aromatic rings. The van der Waals surface area contributed by atoms with Crippen molar-refractivity contribution in [2.24, 2.45) is 0 Å². The van der Waals surface area contributed by atoms with Crippen LogP contribution in [0.3, 0.4) is 0 Å². The molecular weight excluding hydrogens is 134 g/mol. The smallest absolute Gasteiger partial charge is 0.120 e. The number of nitrogens with one attached hydrogen (secondary N) is 1. The molecule has 1 rings (SSSR count). The number of hydrogen-bond acceptors (Lipinski definition) is 3. The van der Waals surface area contributed by atoms with Crippen LogP contribution in [0.2, 0.25) is 0 Å². The Balaban J connectivity index is 2.64. The third-order valence-corrected chi connectivity index (χ3v) is 1.91. The highest BCUT2D eigenvalue weighted by molar-refractivity contribution is 7.82. The minimum atomic E-state index is -0.232. The van der Waals surface area contributed by atoms with Crippen molar-refractivity contribution >= 4 is 12.6 Å². The molecule has 0 spiro atoms. The van der Waals surface area contributed by atoms with Crippen LogP contribution in [0.15, 0.2) is 11.8 Å². The van der Waals surface area contributed by atoms with Crippen LogP contribution in [0.4, 0.5) is 0 Å². The predicted molar refractivity (Wildman–Crippen MR) is 40.0 cm³/mol. The highest BCUT2D eigenvalue weighted by atomic mass is 32.1. The first-order chi connectivity index (χ1) is 4.16. The molecule has 2 nitrogen and oxygen atoms in total. The van der Waals surface area contributed by atoms with Crippen LogP contribution in [0.1, 0.15) is 20.3 Å². The average molecular weight is 145 g/mol. The van der Waals surface area contributed by atoms with E-state index >= 15 is 0 Å². The van der Waals surface area contributed by atoms with E-state index in [1.807, 2.05) is 13.0 Å². The van der Waals surface area contributed by atoms with Gasteiger partial charge in [0.25, 0.3) is 0 Å². The second-order valence-electron chi connectivity index (χ2n) is 2.24. The van der Waals surface area contributed by atoms with Crippen LogP contribution in [0.5, 0.6) is 0 Å². The minimum absolute atomic E-state index is 0.232. The summed E-state index contributed by atoms with van der Waals surface area (Å²) < 4.78 is 0. The van der Waals surface area contributed by atoms with Gasteiger partial charge in [0.05, 0.1) is 0 Å². The van der Waals surface area contributed by atoms with Gasteiger partial charge in [0, 0.05) is 0 Å². The van der Waals surface area contributed by atoms with Gasteiger partial charge in [-0.1, -0.05) is 6.92 Å². The zero-order valence-electron chi connectivity index (χ0n) is 5.64. The first kappa shape index (κ1) is 6.96. The molecule has 3 heteroatoms. The first-order valence-electron chi connectivity index (χ1n) is 3.02. The topological polar surface area (TPSA) is 21.3 Å². The quantitative estimate of drug-likeness (QED) is 0.545. The van der Waals surface area contributed by atoms with Gasteiger partial charge < -0.3 is 4.84 Å².